The van der Waals surface area contributed by atoms with Crippen LogP contribution in [0.5, 0.6) is 0 Å². The van der Waals surface area contributed by atoms with Gasteiger partial charge in [0, 0.05) is 36.0 Å². The monoisotopic (exact) mass is 428 g/mol. The van der Waals surface area contributed by atoms with Gasteiger partial charge in [-0.05, 0) is 44.0 Å². The Bertz CT molecular complexity index is 927. The standard InChI is InChI=1S/C21H24N4O4S/c1-14(30-17-8-6-16(7-9-17)25(28)29)21(27)23-18-4-2-3-5-19(18)24-12-10-15(11-13-24)20(22)26/h2-9,14-15H,10-13H2,1H3,(H2,22,26)(H,23,27)/t14-/m0/s1. The van der Waals surface area contributed by atoms with Gasteiger partial charge in [0.2, 0.25) is 11.8 Å². The fraction of sp³-hybridized carbons (Fsp3) is 0.333. The molecular weight excluding hydrogens is 404 g/mol. The van der Waals surface area contributed by atoms with E-state index in [0.717, 1.165) is 16.3 Å². The topological polar surface area (TPSA) is 119 Å². The molecule has 2 aromatic carbocycles. The van der Waals surface area contributed by atoms with E-state index < -0.39 is 4.92 Å². The molecule has 0 bridgehead atoms. The highest BCUT2D eigenvalue weighted by Gasteiger charge is 2.25. The first-order valence-corrected chi connectivity index (χ1v) is 10.6. The van der Waals surface area contributed by atoms with Gasteiger partial charge in [-0.2, -0.15) is 0 Å². The van der Waals surface area contributed by atoms with E-state index in [1.807, 2.05) is 24.3 Å². The van der Waals surface area contributed by atoms with Crippen molar-refractivity contribution >= 4 is 40.6 Å². The number of carbonyl (C=O) groups excluding carboxylic acids is 2. The van der Waals surface area contributed by atoms with Crippen LogP contribution in [0.1, 0.15) is 19.8 Å². The lowest BCUT2D eigenvalue weighted by Crippen LogP contribution is -2.39. The van der Waals surface area contributed by atoms with Gasteiger partial charge in [0.25, 0.3) is 5.69 Å². The molecule has 0 spiro atoms. The predicted octanol–water partition coefficient (Wildman–Crippen LogP) is 3.42. The molecule has 8 nitrogen and oxygen atoms in total. The molecule has 3 N–H and O–H groups in total. The maximum absolute atomic E-state index is 12.7. The molecule has 2 aromatic rings. The van der Waals surface area contributed by atoms with Crippen LogP contribution in [0.15, 0.2) is 53.4 Å². The van der Waals surface area contributed by atoms with Crippen LogP contribution in [0.4, 0.5) is 17.1 Å². The van der Waals surface area contributed by atoms with Crippen LogP contribution in [0.25, 0.3) is 0 Å². The van der Waals surface area contributed by atoms with Gasteiger partial charge in [0.1, 0.15) is 0 Å². The van der Waals surface area contributed by atoms with E-state index in [2.05, 4.69) is 10.2 Å². The first-order chi connectivity index (χ1) is 14.3. The number of non-ortho nitro benzene ring substituents is 1. The van der Waals surface area contributed by atoms with Gasteiger partial charge in [0.05, 0.1) is 21.5 Å². The molecule has 1 aliphatic rings. The molecule has 0 aromatic heterocycles. The van der Waals surface area contributed by atoms with Crippen LogP contribution in [-0.2, 0) is 9.59 Å². The van der Waals surface area contributed by atoms with Gasteiger partial charge in [-0.15, -0.1) is 11.8 Å². The average molecular weight is 429 g/mol. The minimum absolute atomic E-state index is 0.0190. The molecular formula is C21H24N4O4S. The first kappa shape index (κ1) is 21.6. The third-order valence-electron chi connectivity index (χ3n) is 5.13. The summed E-state index contributed by atoms with van der Waals surface area (Å²) in [6.45, 7) is 3.20. The minimum Gasteiger partial charge on any atom is -0.370 e. The summed E-state index contributed by atoms with van der Waals surface area (Å²) >= 11 is 1.34. The Hall–Kier alpha value is -3.07. The minimum atomic E-state index is -0.451. The highest BCUT2D eigenvalue weighted by atomic mass is 32.2. The fourth-order valence-corrected chi connectivity index (χ4v) is 4.27. The number of para-hydroxylation sites is 2. The molecule has 0 radical (unpaired) electrons. The lowest BCUT2D eigenvalue weighted by atomic mass is 9.96. The molecule has 1 aliphatic heterocycles. The van der Waals surface area contributed by atoms with Crippen molar-refractivity contribution in [2.75, 3.05) is 23.3 Å². The van der Waals surface area contributed by atoms with E-state index in [1.54, 1.807) is 19.1 Å². The zero-order valence-electron chi connectivity index (χ0n) is 16.6. The van der Waals surface area contributed by atoms with Gasteiger partial charge in [0.15, 0.2) is 0 Å². The van der Waals surface area contributed by atoms with Crippen molar-refractivity contribution in [3.8, 4) is 0 Å². The van der Waals surface area contributed by atoms with Gasteiger partial charge in [-0.3, -0.25) is 19.7 Å². The van der Waals surface area contributed by atoms with Crippen LogP contribution in [0.3, 0.4) is 0 Å². The smallest absolute Gasteiger partial charge is 0.269 e. The Labute approximate surface area is 179 Å². The van der Waals surface area contributed by atoms with Gasteiger partial charge in [-0.1, -0.05) is 12.1 Å². The lowest BCUT2D eigenvalue weighted by molar-refractivity contribution is -0.384. The van der Waals surface area contributed by atoms with Crippen LogP contribution >= 0.6 is 11.8 Å². The maximum atomic E-state index is 12.7. The number of piperidine rings is 1. The van der Waals surface area contributed by atoms with E-state index in [9.17, 15) is 19.7 Å². The third kappa shape index (κ3) is 5.29. The molecule has 1 atom stereocenters. The maximum Gasteiger partial charge on any atom is 0.269 e. The number of nitrogens with two attached hydrogens (primary N) is 1. The number of nitro benzene ring substituents is 1. The van der Waals surface area contributed by atoms with Gasteiger partial charge in [-0.25, -0.2) is 0 Å². The van der Waals surface area contributed by atoms with Crippen LogP contribution in [0.2, 0.25) is 0 Å². The summed E-state index contributed by atoms with van der Waals surface area (Å²) < 4.78 is 0. The second kappa shape index (κ2) is 9.62. The molecule has 3 rings (SSSR count). The van der Waals surface area contributed by atoms with Crippen LogP contribution in [0, 0.1) is 16.0 Å². The van der Waals surface area contributed by atoms with Gasteiger partial charge >= 0.3 is 0 Å². The second-order valence-corrected chi connectivity index (χ2v) is 8.60. The molecule has 0 aliphatic carbocycles. The number of carbonyl (C=O) groups is 2. The number of thioether (sulfide) groups is 1. The van der Waals surface area contributed by atoms with E-state index in [0.29, 0.717) is 25.9 Å². The number of nitrogens with zero attached hydrogens (tertiary/aromatic N) is 2. The zero-order chi connectivity index (χ0) is 21.7. The van der Waals surface area contributed by atoms with E-state index in [-0.39, 0.29) is 28.7 Å². The predicted molar refractivity (Wildman–Crippen MR) is 118 cm³/mol. The van der Waals surface area contributed by atoms with E-state index in [4.69, 9.17) is 5.73 Å². The van der Waals surface area contributed by atoms with Crippen molar-refractivity contribution in [2.24, 2.45) is 11.7 Å². The van der Waals surface area contributed by atoms with Crippen molar-refractivity contribution in [2.45, 2.75) is 29.9 Å². The largest absolute Gasteiger partial charge is 0.370 e. The molecule has 30 heavy (non-hydrogen) atoms. The summed E-state index contributed by atoms with van der Waals surface area (Å²) in [4.78, 5) is 37.4. The number of hydrogen-bond acceptors (Lipinski definition) is 6. The summed E-state index contributed by atoms with van der Waals surface area (Å²) in [5.74, 6) is -0.507. The Morgan fingerprint density at radius 1 is 1.17 bits per heavy atom. The van der Waals surface area contributed by atoms with Crippen molar-refractivity contribution in [3.05, 3.63) is 58.6 Å². The number of anilines is 2. The van der Waals surface area contributed by atoms with Crippen LogP contribution in [-0.4, -0.2) is 35.1 Å². The third-order valence-corrected chi connectivity index (χ3v) is 6.24. The molecule has 1 saturated heterocycles. The molecule has 2 amide bonds. The summed E-state index contributed by atoms with van der Waals surface area (Å²) in [5.41, 5.74) is 7.07. The lowest BCUT2D eigenvalue weighted by Gasteiger charge is -2.33. The number of nitro groups is 1. The molecule has 1 heterocycles. The highest BCUT2D eigenvalue weighted by molar-refractivity contribution is 8.00. The molecule has 9 heteroatoms. The molecule has 0 unspecified atom stereocenters. The summed E-state index contributed by atoms with van der Waals surface area (Å²) in [6, 6.07) is 13.7. The second-order valence-electron chi connectivity index (χ2n) is 7.18. The quantitative estimate of drug-likeness (QED) is 0.396. The van der Waals surface area contributed by atoms with Gasteiger partial charge < -0.3 is 16.0 Å². The van der Waals surface area contributed by atoms with E-state index >= 15 is 0 Å². The van der Waals surface area contributed by atoms with Crippen molar-refractivity contribution in [3.63, 3.8) is 0 Å². The zero-order valence-corrected chi connectivity index (χ0v) is 17.4. The Kier molecular flexibility index (Phi) is 6.94. The fourth-order valence-electron chi connectivity index (χ4n) is 3.40. The number of rotatable bonds is 7. The highest BCUT2D eigenvalue weighted by Crippen LogP contribution is 2.31. The normalized spacial score (nSPS) is 15.4. The first-order valence-electron chi connectivity index (χ1n) is 9.70. The summed E-state index contributed by atoms with van der Waals surface area (Å²) in [5, 5.41) is 13.4. The summed E-state index contributed by atoms with van der Waals surface area (Å²) in [7, 11) is 0. The summed E-state index contributed by atoms with van der Waals surface area (Å²) in [6.07, 6.45) is 1.40. The van der Waals surface area contributed by atoms with Crippen molar-refractivity contribution in [1.82, 2.24) is 0 Å². The van der Waals surface area contributed by atoms with E-state index in [1.165, 1.54) is 23.9 Å². The Morgan fingerprint density at radius 2 is 1.80 bits per heavy atom. The Morgan fingerprint density at radius 3 is 2.40 bits per heavy atom. The van der Waals surface area contributed by atoms with Crippen LogP contribution < -0.4 is 16.0 Å². The molecule has 0 saturated carbocycles. The molecule has 158 valence electrons. The van der Waals surface area contributed by atoms with Crippen molar-refractivity contribution in [1.29, 1.82) is 0 Å². The number of primary amides is 1. The average Bonchev–Trinajstić information content (AvgIpc) is 2.74. The number of benzene rings is 2. The number of nitrogens with one attached hydrogen (secondary N) is 1. The number of amides is 2. The Balaban J connectivity index is 1.64. The van der Waals surface area contributed by atoms with Crippen molar-refractivity contribution < 1.29 is 14.5 Å². The SMILES string of the molecule is C[C@H](Sc1ccc([N+](=O)[O-])cc1)C(=O)Nc1ccccc1N1CCC(C(N)=O)CC1. The number of hydrogen-bond donors (Lipinski definition) is 2. The molecule has 1 fully saturated rings.